The van der Waals surface area contributed by atoms with Crippen LogP contribution in [0.15, 0.2) is 48.5 Å². The van der Waals surface area contributed by atoms with Gasteiger partial charge in [-0.3, -0.25) is 28.4 Å². The second-order valence-corrected chi connectivity index (χ2v) is 35.0. The van der Waals surface area contributed by atoms with Crippen LogP contribution in [0.25, 0.3) is 0 Å². The Hall–Kier alpha value is -5.18. The molecule has 0 spiro atoms. The van der Waals surface area contributed by atoms with E-state index in [1.165, 1.54) is 96.0 Å². The summed E-state index contributed by atoms with van der Waals surface area (Å²) in [6.45, 7) is 37.2. The van der Waals surface area contributed by atoms with Crippen LogP contribution in [0.3, 0.4) is 0 Å². The lowest BCUT2D eigenvalue weighted by Gasteiger charge is -2.49. The van der Waals surface area contributed by atoms with Crippen molar-refractivity contribution < 1.29 is 46.7 Å². The highest BCUT2D eigenvalue weighted by atomic mass is 19.1. The molecule has 0 bridgehead atoms. The van der Waals surface area contributed by atoms with Crippen molar-refractivity contribution in [2.45, 2.75) is 201 Å². The van der Waals surface area contributed by atoms with E-state index in [4.69, 9.17) is 37.9 Å². The number of hydrogen-bond donors (Lipinski definition) is 0. The summed E-state index contributed by atoms with van der Waals surface area (Å²) in [5.41, 5.74) is 12.2. The van der Waals surface area contributed by atoms with Gasteiger partial charge in [0, 0.05) is 140 Å². The molecule has 0 radical (unpaired) electrons. The summed E-state index contributed by atoms with van der Waals surface area (Å²) in [6.07, 6.45) is 14.4. The number of rotatable bonds is 20. The van der Waals surface area contributed by atoms with Gasteiger partial charge in [0.1, 0.15) is 0 Å². The number of likely N-dealkylation sites (N-methyl/N-ethyl adjacent to an activating group) is 4. The van der Waals surface area contributed by atoms with Crippen LogP contribution in [-0.4, -0.2) is 239 Å². The highest BCUT2D eigenvalue weighted by Gasteiger charge is 2.43. The Labute approximate surface area is 620 Å². The lowest BCUT2D eigenvalue weighted by atomic mass is 9.79. The van der Waals surface area contributed by atoms with E-state index in [0.717, 1.165) is 150 Å². The lowest BCUT2D eigenvalue weighted by molar-refractivity contribution is 0.0213. The third kappa shape index (κ3) is 20.4. The van der Waals surface area contributed by atoms with E-state index in [9.17, 15) is 8.78 Å². The molecule has 0 aromatic heterocycles. The smallest absolute Gasteiger partial charge is 0.161 e. The Morgan fingerprint density at radius 2 is 0.641 bits per heavy atom. The van der Waals surface area contributed by atoms with E-state index in [-0.39, 0.29) is 13.3 Å². The molecule has 8 heterocycles. The van der Waals surface area contributed by atoms with Crippen LogP contribution < -0.4 is 37.9 Å². The summed E-state index contributed by atoms with van der Waals surface area (Å²) in [5, 5.41) is 0. The first-order chi connectivity index (χ1) is 49.1. The van der Waals surface area contributed by atoms with Gasteiger partial charge >= 0.3 is 0 Å². The molecule has 1 saturated carbocycles. The van der Waals surface area contributed by atoms with Gasteiger partial charge in [-0.15, -0.1) is 0 Å². The van der Waals surface area contributed by atoms with Crippen molar-refractivity contribution in [2.24, 2.45) is 22.2 Å². The Bertz CT molecular complexity index is 3370. The van der Waals surface area contributed by atoms with Gasteiger partial charge in [0.05, 0.1) is 68.7 Å². The van der Waals surface area contributed by atoms with Gasteiger partial charge in [-0.05, 0) is 202 Å². The third-order valence-corrected chi connectivity index (χ3v) is 23.7. The number of fused-ring (bicyclic) bond motifs is 12. The maximum atomic E-state index is 12.4. The number of nitrogens with zero attached hydrogens (tertiary/aromatic N) is 8. The zero-order valence-corrected chi connectivity index (χ0v) is 67.1. The lowest BCUT2D eigenvalue weighted by Crippen LogP contribution is -2.55. The van der Waals surface area contributed by atoms with Crippen LogP contribution in [0.4, 0.5) is 8.78 Å². The van der Waals surface area contributed by atoms with Gasteiger partial charge in [-0.1, -0.05) is 81.6 Å². The Balaban J connectivity index is 0.000000148. The predicted octanol–water partition coefficient (Wildman–Crippen LogP) is 15.0. The molecule has 576 valence electrons. The molecule has 16 nitrogen and oxygen atoms in total. The Kier molecular flexibility index (Phi) is 27.8. The fourth-order valence-corrected chi connectivity index (χ4v) is 18.0. The molecule has 9 aliphatic rings. The fourth-order valence-electron chi connectivity index (χ4n) is 18.0. The van der Waals surface area contributed by atoms with Crippen molar-refractivity contribution in [2.75, 3.05) is 175 Å². The minimum absolute atomic E-state index is 0.342. The average molecular weight is 1430 g/mol. The second-order valence-electron chi connectivity index (χ2n) is 35.0. The molecule has 103 heavy (non-hydrogen) atoms. The summed E-state index contributed by atoms with van der Waals surface area (Å²) < 4.78 is 69.9. The molecule has 5 fully saturated rings. The van der Waals surface area contributed by atoms with Gasteiger partial charge in [0.15, 0.2) is 46.0 Å². The molecule has 8 aliphatic heterocycles. The highest BCUT2D eigenvalue weighted by molar-refractivity contribution is 5.53. The third-order valence-electron chi connectivity index (χ3n) is 23.7. The van der Waals surface area contributed by atoms with Crippen LogP contribution in [0.1, 0.15) is 196 Å². The summed E-state index contributed by atoms with van der Waals surface area (Å²) >= 11 is 0. The summed E-state index contributed by atoms with van der Waals surface area (Å²) in [4.78, 5) is 20.9. The number of alkyl halides is 2. The second kappa shape index (κ2) is 35.7. The Morgan fingerprint density at radius 3 is 0.913 bits per heavy atom. The number of benzene rings is 4. The molecule has 0 N–H and O–H groups in total. The SMILES string of the molecule is CCOc1cc2c(cc1OC)[C@H]1CN(C)[C@H](CC(C)(C)C)CN1CC2.COc1cc2c(cc1OC)[C@H]1CN(C)[C@H](CC(C)(C)C)CN1CC2.COc1cc2c(cc1OCCCF)CCN1C[C@@H](CC(C)(C)C)N(C)C[C@H]21.COc1cc2c(cc1OCCCF)CCN1C[C@@H](CC3CCC3)N(C)C[C@@H]21. The first kappa shape index (κ1) is 80.4. The molecule has 1 aliphatic carbocycles. The van der Waals surface area contributed by atoms with Crippen molar-refractivity contribution in [3.63, 3.8) is 0 Å². The first-order valence-electron chi connectivity index (χ1n) is 39.3. The van der Waals surface area contributed by atoms with Crippen LogP contribution in [0, 0.1) is 22.2 Å². The van der Waals surface area contributed by atoms with Crippen molar-refractivity contribution in [1.29, 1.82) is 0 Å². The van der Waals surface area contributed by atoms with Gasteiger partial charge in [0.25, 0.3) is 0 Å². The quantitative estimate of drug-likeness (QED) is 0.0784. The normalized spacial score (nSPS) is 24.9. The minimum Gasteiger partial charge on any atom is -0.493 e. The maximum absolute atomic E-state index is 12.4. The highest BCUT2D eigenvalue weighted by Crippen LogP contribution is 2.47. The molecule has 4 aromatic carbocycles. The van der Waals surface area contributed by atoms with Crippen LogP contribution >= 0.6 is 0 Å². The van der Waals surface area contributed by atoms with E-state index in [0.29, 0.717) is 97.2 Å². The zero-order valence-electron chi connectivity index (χ0n) is 67.1. The molecule has 4 saturated heterocycles. The van der Waals surface area contributed by atoms with Gasteiger partial charge in [-0.2, -0.15) is 0 Å². The van der Waals surface area contributed by atoms with Crippen LogP contribution in [0.5, 0.6) is 46.0 Å². The summed E-state index contributed by atoms with van der Waals surface area (Å²) in [7, 11) is 17.6. The van der Waals surface area contributed by atoms with E-state index in [1.807, 2.05) is 6.92 Å². The molecule has 0 amide bonds. The van der Waals surface area contributed by atoms with E-state index in [2.05, 4.69) is 178 Å². The number of halogens is 2. The molecule has 0 unspecified atom stereocenters. The molecule has 4 aromatic rings. The molecule has 18 heteroatoms. The van der Waals surface area contributed by atoms with Crippen LogP contribution in [-0.2, 0) is 25.7 Å². The number of methoxy groups -OCH3 is 5. The van der Waals surface area contributed by atoms with Gasteiger partial charge < -0.3 is 57.5 Å². The first-order valence-corrected chi connectivity index (χ1v) is 39.3. The summed E-state index contributed by atoms with van der Waals surface area (Å²) in [6, 6.07) is 21.7. The number of ether oxygens (including phenoxy) is 8. The van der Waals surface area contributed by atoms with Gasteiger partial charge in [-0.25, -0.2) is 0 Å². The topological polar surface area (TPSA) is 99.8 Å². The van der Waals surface area contributed by atoms with Crippen LogP contribution in [0.2, 0.25) is 0 Å². The average Bonchev–Trinajstić information content (AvgIpc) is 0.785. The van der Waals surface area contributed by atoms with E-state index in [1.54, 1.807) is 35.5 Å². The van der Waals surface area contributed by atoms with Crippen molar-refractivity contribution in [3.8, 4) is 46.0 Å². The molecule has 8 atom stereocenters. The van der Waals surface area contributed by atoms with Crippen molar-refractivity contribution in [1.82, 2.24) is 39.2 Å². The zero-order chi connectivity index (χ0) is 74.1. The van der Waals surface area contributed by atoms with E-state index >= 15 is 0 Å². The van der Waals surface area contributed by atoms with E-state index < -0.39 is 0 Å². The fraction of sp³-hybridized carbons (Fsp3) is 0.718. The Morgan fingerprint density at radius 1 is 0.369 bits per heavy atom. The molecular formula is C85H134F2N8O8. The largest absolute Gasteiger partial charge is 0.493 e. The molecular weight excluding hydrogens is 1300 g/mol. The number of hydrogen-bond acceptors (Lipinski definition) is 16. The monoisotopic (exact) mass is 1430 g/mol. The minimum atomic E-state index is -0.355. The standard InChI is InChI=1S/C22H33FN2O2.C22H35FN2O2.C21H34N2O2.C20H32N2O2/c1-24-15-20-19-13-21(26-2)22(27-10-4-8-23)12-17(19)7-9-25(20)14-18(24)11-16-5-3-6-16;1-22(2,3)13-17-14-25-9-7-16-11-21(27-10-6-8-23)20(26-5)12-18(16)19(25)15-24(17)4;1-7-25-20-10-15-8-9-23-13-16(12-21(2,3)4)22(5)14-18(23)17(15)11-19(20)24-6;1-20(2,3)11-15-12-22-8-7-14-9-18(23-5)19(24-6)10-16(14)17(22)13-21(15)4/h12-13,16,18,20H,3-11,14-15H2,1-2H3;11-12,17,19H,6-10,13-15H2,1-5H3;10-11,16,18H,7-9,12-14H2,1-6H3;9-10,15,17H,7-8,11-13H2,1-6H3/t18-,20+;17-,19-;16-,18-;15-,17-/m1111/s1. The van der Waals surface area contributed by atoms with Crippen molar-refractivity contribution in [3.05, 3.63) is 93.0 Å². The predicted molar refractivity (Wildman–Crippen MR) is 414 cm³/mol. The molecule has 13 rings (SSSR count). The number of piperazine rings is 4. The van der Waals surface area contributed by atoms with Gasteiger partial charge in [0.2, 0.25) is 0 Å². The van der Waals surface area contributed by atoms with Crippen molar-refractivity contribution >= 4 is 0 Å². The maximum Gasteiger partial charge on any atom is 0.161 e. The summed E-state index contributed by atoms with van der Waals surface area (Å²) in [5.74, 6) is 7.42.